The number of hydrogen-bond acceptors (Lipinski definition) is 5. The van der Waals surface area contributed by atoms with Crippen LogP contribution >= 0.6 is 0 Å². The quantitative estimate of drug-likeness (QED) is 0.421. The topological polar surface area (TPSA) is 110 Å². The molecule has 0 saturated carbocycles. The summed E-state index contributed by atoms with van der Waals surface area (Å²) in [6, 6.07) is 8.59. The van der Waals surface area contributed by atoms with Crippen LogP contribution in [0.4, 0.5) is 0 Å². The second-order valence-electron chi connectivity index (χ2n) is 4.29. The van der Waals surface area contributed by atoms with Gasteiger partial charge in [0, 0.05) is 11.1 Å². The molecule has 0 amide bonds. The first-order chi connectivity index (χ1) is 8.33. The smallest absolute Gasteiger partial charge is 0.219 e. The maximum Gasteiger partial charge on any atom is 0.219 e. The molecule has 0 spiro atoms. The zero-order valence-corrected chi connectivity index (χ0v) is 9.58. The summed E-state index contributed by atoms with van der Waals surface area (Å²) < 4.78 is 0. The van der Waals surface area contributed by atoms with Crippen molar-refractivity contribution in [3.05, 3.63) is 59.7 Å². The highest BCUT2D eigenvalue weighted by atomic mass is 16.5. The fourth-order valence-electron chi connectivity index (χ4n) is 1.66. The fourth-order valence-corrected chi connectivity index (χ4v) is 1.66. The average molecular weight is 246 g/mol. The summed E-state index contributed by atoms with van der Waals surface area (Å²) in [6.45, 7) is 0. The van der Waals surface area contributed by atoms with Crippen molar-refractivity contribution in [3.8, 4) is 0 Å². The van der Waals surface area contributed by atoms with Gasteiger partial charge in [0.05, 0.1) is 0 Å². The lowest BCUT2D eigenvalue weighted by molar-refractivity contribution is -0.156. The number of benzene rings is 1. The predicted molar refractivity (Wildman–Crippen MR) is 66.3 cm³/mol. The Morgan fingerprint density at radius 3 is 2.28 bits per heavy atom. The lowest BCUT2D eigenvalue weighted by Crippen LogP contribution is -2.66. The van der Waals surface area contributed by atoms with Crippen molar-refractivity contribution in [2.24, 2.45) is 11.5 Å². The number of Topliss-reactive ketones (excluding diaryl/α,β-unsaturated/α-hetero) is 1. The van der Waals surface area contributed by atoms with Crippen LogP contribution in [0.5, 0.6) is 0 Å². The molecule has 94 valence electrons. The van der Waals surface area contributed by atoms with E-state index < -0.39 is 11.4 Å². The third kappa shape index (κ3) is 2.12. The molecule has 2 rings (SSSR count). The summed E-state index contributed by atoms with van der Waals surface area (Å²) in [5.74, 6) is -2.64. The molecule has 5 heteroatoms. The number of allylic oxidation sites excluding steroid dienone is 2. The third-order valence-electron chi connectivity index (χ3n) is 2.83. The SMILES string of the molecule is NC1(N)C=C(C(=O)c2ccccc2)C=CC1(O)O. The minimum absolute atomic E-state index is 0.227. The summed E-state index contributed by atoms with van der Waals surface area (Å²) in [5.41, 5.74) is 9.92. The van der Waals surface area contributed by atoms with Gasteiger partial charge in [-0.05, 0) is 18.2 Å². The Balaban J connectivity index is 2.35. The number of carbonyl (C=O) groups excluding carboxylic acids is 1. The molecule has 0 atom stereocenters. The summed E-state index contributed by atoms with van der Waals surface area (Å²) in [5, 5.41) is 19.1. The number of aliphatic hydroxyl groups is 2. The van der Waals surface area contributed by atoms with Gasteiger partial charge in [0.25, 0.3) is 0 Å². The first kappa shape index (κ1) is 12.7. The summed E-state index contributed by atoms with van der Waals surface area (Å²) in [6.07, 6.45) is 3.46. The number of hydrogen-bond donors (Lipinski definition) is 4. The lowest BCUT2D eigenvalue weighted by Gasteiger charge is -2.35. The van der Waals surface area contributed by atoms with Gasteiger partial charge in [-0.15, -0.1) is 0 Å². The Morgan fingerprint density at radius 2 is 1.72 bits per heavy atom. The van der Waals surface area contributed by atoms with E-state index in [0.29, 0.717) is 5.56 Å². The van der Waals surface area contributed by atoms with Crippen molar-refractivity contribution in [2.75, 3.05) is 0 Å². The van der Waals surface area contributed by atoms with Crippen molar-refractivity contribution < 1.29 is 15.0 Å². The molecule has 0 radical (unpaired) electrons. The van der Waals surface area contributed by atoms with Gasteiger partial charge < -0.3 is 21.7 Å². The molecule has 0 aromatic heterocycles. The van der Waals surface area contributed by atoms with E-state index in [2.05, 4.69) is 0 Å². The molecular weight excluding hydrogens is 232 g/mol. The summed E-state index contributed by atoms with van der Waals surface area (Å²) in [7, 11) is 0. The van der Waals surface area contributed by atoms with Gasteiger partial charge in [0.1, 0.15) is 5.66 Å². The molecule has 0 saturated heterocycles. The first-order valence-electron chi connectivity index (χ1n) is 5.38. The Kier molecular flexibility index (Phi) is 2.92. The second-order valence-corrected chi connectivity index (χ2v) is 4.29. The van der Waals surface area contributed by atoms with Gasteiger partial charge in [-0.1, -0.05) is 30.3 Å². The molecule has 1 aliphatic carbocycles. The molecule has 0 aliphatic heterocycles. The number of carbonyl (C=O) groups is 1. The normalized spacial score (nSPS) is 20.3. The molecule has 1 aliphatic rings. The number of rotatable bonds is 2. The van der Waals surface area contributed by atoms with Gasteiger partial charge in [0.2, 0.25) is 5.79 Å². The monoisotopic (exact) mass is 246 g/mol. The van der Waals surface area contributed by atoms with E-state index in [9.17, 15) is 15.0 Å². The molecule has 1 aromatic carbocycles. The zero-order chi connectivity index (χ0) is 13.4. The highest BCUT2D eigenvalue weighted by Gasteiger charge is 2.42. The maximum atomic E-state index is 12.1. The molecule has 0 bridgehead atoms. The van der Waals surface area contributed by atoms with Gasteiger partial charge in [-0.25, -0.2) is 0 Å². The van der Waals surface area contributed by atoms with Crippen LogP contribution in [0.2, 0.25) is 0 Å². The van der Waals surface area contributed by atoms with Crippen molar-refractivity contribution in [1.29, 1.82) is 0 Å². The van der Waals surface area contributed by atoms with Gasteiger partial charge in [-0.3, -0.25) is 4.79 Å². The molecular formula is C13H14N2O3. The van der Waals surface area contributed by atoms with E-state index in [1.807, 2.05) is 0 Å². The number of nitrogens with two attached hydrogens (primary N) is 2. The van der Waals surface area contributed by atoms with E-state index in [4.69, 9.17) is 11.5 Å². The molecule has 18 heavy (non-hydrogen) atoms. The Hall–Kier alpha value is -1.79. The van der Waals surface area contributed by atoms with Crippen molar-refractivity contribution in [3.63, 3.8) is 0 Å². The average Bonchev–Trinajstić information content (AvgIpc) is 2.33. The molecule has 1 aromatic rings. The third-order valence-corrected chi connectivity index (χ3v) is 2.83. The van der Waals surface area contributed by atoms with Crippen molar-refractivity contribution >= 4 is 5.78 Å². The van der Waals surface area contributed by atoms with Crippen LogP contribution in [0.25, 0.3) is 0 Å². The molecule has 6 N–H and O–H groups in total. The largest absolute Gasteiger partial charge is 0.360 e. The van der Waals surface area contributed by atoms with Gasteiger partial charge >= 0.3 is 0 Å². The summed E-state index contributed by atoms with van der Waals surface area (Å²) in [4.78, 5) is 12.1. The van der Waals surface area contributed by atoms with E-state index in [1.165, 1.54) is 6.08 Å². The zero-order valence-electron chi connectivity index (χ0n) is 9.58. The highest BCUT2D eigenvalue weighted by Crippen LogP contribution is 2.24. The molecule has 0 fully saturated rings. The van der Waals surface area contributed by atoms with E-state index in [-0.39, 0.29) is 11.4 Å². The predicted octanol–water partition coefficient (Wildman–Crippen LogP) is -0.340. The maximum absolute atomic E-state index is 12.1. The minimum atomic E-state index is -2.37. The Morgan fingerprint density at radius 1 is 1.11 bits per heavy atom. The standard InChI is InChI=1S/C13H14N2O3/c14-12(15)8-10(6-7-13(12,17)18)11(16)9-4-2-1-3-5-9/h1-8,17-18H,14-15H2. The van der Waals surface area contributed by atoms with E-state index in [1.54, 1.807) is 30.3 Å². The van der Waals surface area contributed by atoms with Crippen LogP contribution in [0, 0.1) is 0 Å². The Labute approximate surface area is 104 Å². The highest BCUT2D eigenvalue weighted by molar-refractivity contribution is 6.10. The van der Waals surface area contributed by atoms with Crippen LogP contribution in [-0.4, -0.2) is 27.4 Å². The number of ketones is 1. The van der Waals surface area contributed by atoms with E-state index >= 15 is 0 Å². The van der Waals surface area contributed by atoms with Crippen LogP contribution in [-0.2, 0) is 0 Å². The molecule has 0 unspecified atom stereocenters. The Bertz CT molecular complexity index is 530. The fraction of sp³-hybridized carbons (Fsp3) is 0.154. The van der Waals surface area contributed by atoms with Gasteiger partial charge in [0.15, 0.2) is 5.78 Å². The first-order valence-corrected chi connectivity index (χ1v) is 5.38. The van der Waals surface area contributed by atoms with Crippen molar-refractivity contribution in [1.82, 2.24) is 0 Å². The minimum Gasteiger partial charge on any atom is -0.360 e. The van der Waals surface area contributed by atoms with Crippen LogP contribution in [0.3, 0.4) is 0 Å². The van der Waals surface area contributed by atoms with Crippen LogP contribution in [0.15, 0.2) is 54.1 Å². The van der Waals surface area contributed by atoms with Crippen LogP contribution < -0.4 is 11.5 Å². The molecule has 0 heterocycles. The lowest BCUT2D eigenvalue weighted by atomic mass is 9.88. The van der Waals surface area contributed by atoms with Crippen LogP contribution in [0.1, 0.15) is 10.4 Å². The second kappa shape index (κ2) is 4.15. The molecule has 5 nitrogen and oxygen atoms in total. The van der Waals surface area contributed by atoms with Crippen molar-refractivity contribution in [2.45, 2.75) is 11.4 Å². The van der Waals surface area contributed by atoms with E-state index in [0.717, 1.165) is 12.2 Å². The van der Waals surface area contributed by atoms with Gasteiger partial charge in [-0.2, -0.15) is 0 Å². The summed E-state index contributed by atoms with van der Waals surface area (Å²) >= 11 is 0.